The summed E-state index contributed by atoms with van der Waals surface area (Å²) in [6.45, 7) is 1.66. The van der Waals surface area contributed by atoms with E-state index in [2.05, 4.69) is 15.8 Å². The minimum atomic E-state index is -0.534. The van der Waals surface area contributed by atoms with Crippen LogP contribution in [0.25, 0.3) is 11.1 Å². The molecule has 0 spiro atoms. The summed E-state index contributed by atoms with van der Waals surface area (Å²) >= 11 is 0. The highest BCUT2D eigenvalue weighted by atomic mass is 16.2. The molecule has 32 heavy (non-hydrogen) atoms. The Bertz CT molecular complexity index is 1120. The van der Waals surface area contributed by atoms with Crippen molar-refractivity contribution in [2.45, 2.75) is 19.8 Å². The Morgan fingerprint density at radius 2 is 1.44 bits per heavy atom. The Labute approximate surface area is 186 Å². The number of amides is 3. The third-order valence-corrected chi connectivity index (χ3v) is 4.67. The summed E-state index contributed by atoms with van der Waals surface area (Å²) in [4.78, 5) is 35.4. The molecule has 3 rings (SSSR count). The van der Waals surface area contributed by atoms with Crippen molar-refractivity contribution >= 4 is 29.1 Å². The number of rotatable bonds is 8. The summed E-state index contributed by atoms with van der Waals surface area (Å²) in [5.74, 6) is -1.09. The van der Waals surface area contributed by atoms with Crippen molar-refractivity contribution < 1.29 is 14.4 Å². The van der Waals surface area contributed by atoms with Gasteiger partial charge in [-0.3, -0.25) is 14.4 Å². The zero-order chi connectivity index (χ0) is 22.9. The normalized spacial score (nSPS) is 11.0. The van der Waals surface area contributed by atoms with Gasteiger partial charge in [0.15, 0.2) is 0 Å². The van der Waals surface area contributed by atoms with E-state index in [0.717, 1.165) is 16.7 Å². The van der Waals surface area contributed by atoms with Crippen molar-refractivity contribution in [2.75, 3.05) is 5.32 Å². The highest BCUT2D eigenvalue weighted by Gasteiger charge is 2.08. The average Bonchev–Trinajstić information content (AvgIpc) is 2.79. The number of benzene rings is 3. The van der Waals surface area contributed by atoms with Crippen molar-refractivity contribution in [1.82, 2.24) is 5.43 Å². The van der Waals surface area contributed by atoms with Crippen molar-refractivity contribution in [3.63, 3.8) is 0 Å². The molecular weight excluding hydrogens is 404 g/mol. The molecule has 0 saturated carbocycles. The fraction of sp³-hybridized carbons (Fsp3) is 0.120. The second-order valence-electron chi connectivity index (χ2n) is 7.29. The minimum Gasteiger partial charge on any atom is -0.366 e. The van der Waals surface area contributed by atoms with Crippen LogP contribution in [0.4, 0.5) is 5.69 Å². The Kier molecular flexibility index (Phi) is 7.48. The van der Waals surface area contributed by atoms with Crippen LogP contribution in [0.5, 0.6) is 0 Å². The fourth-order valence-corrected chi connectivity index (χ4v) is 3.02. The first-order valence-corrected chi connectivity index (χ1v) is 10.1. The van der Waals surface area contributed by atoms with Gasteiger partial charge in [-0.05, 0) is 47.9 Å². The lowest BCUT2D eigenvalue weighted by atomic mass is 10.0. The van der Waals surface area contributed by atoms with Crippen LogP contribution in [0.15, 0.2) is 84.0 Å². The van der Waals surface area contributed by atoms with Gasteiger partial charge in [-0.2, -0.15) is 5.10 Å². The molecule has 7 heteroatoms. The predicted octanol–water partition coefficient (Wildman–Crippen LogP) is 3.52. The van der Waals surface area contributed by atoms with E-state index in [-0.39, 0.29) is 24.7 Å². The van der Waals surface area contributed by atoms with E-state index in [0.29, 0.717) is 17.0 Å². The number of nitrogens with zero attached hydrogens (tertiary/aromatic N) is 1. The van der Waals surface area contributed by atoms with Gasteiger partial charge in [0.25, 0.3) is 0 Å². The van der Waals surface area contributed by atoms with Crippen LogP contribution in [0.1, 0.15) is 29.3 Å². The highest BCUT2D eigenvalue weighted by molar-refractivity contribution is 6.06. The molecule has 3 aromatic carbocycles. The first kappa shape index (κ1) is 22.4. The maximum absolute atomic E-state index is 12.2. The number of hydrogen-bond donors (Lipinski definition) is 3. The number of nitrogens with one attached hydrogen (secondary N) is 2. The number of hydrogen-bond acceptors (Lipinski definition) is 4. The molecule has 3 amide bonds. The standard InChI is InChI=1S/C25H24N4O3/c1-17(15-23(30)27-22-13-11-21(12-14-22)25(26)32)28-29-24(31)16-18-7-9-20(10-8-18)19-5-3-2-4-6-19/h2-14H,15-16H2,1H3,(H2,26,32)(H,27,30)(H,29,31)/b28-17+. The van der Waals surface area contributed by atoms with Crippen LogP contribution in [0.2, 0.25) is 0 Å². The van der Waals surface area contributed by atoms with Gasteiger partial charge in [-0.15, -0.1) is 0 Å². The predicted molar refractivity (Wildman–Crippen MR) is 125 cm³/mol. The van der Waals surface area contributed by atoms with Gasteiger partial charge in [-0.25, -0.2) is 5.43 Å². The summed E-state index contributed by atoms with van der Waals surface area (Å²) in [7, 11) is 0. The second kappa shape index (κ2) is 10.7. The average molecular weight is 428 g/mol. The van der Waals surface area contributed by atoms with Gasteiger partial charge in [0.1, 0.15) is 0 Å². The second-order valence-corrected chi connectivity index (χ2v) is 7.29. The monoisotopic (exact) mass is 428 g/mol. The number of carbonyl (C=O) groups excluding carboxylic acids is 3. The van der Waals surface area contributed by atoms with Gasteiger partial charge < -0.3 is 11.1 Å². The Hall–Kier alpha value is -4.26. The van der Waals surface area contributed by atoms with Crippen LogP contribution in [0, 0.1) is 0 Å². The Morgan fingerprint density at radius 1 is 0.812 bits per heavy atom. The zero-order valence-electron chi connectivity index (χ0n) is 17.7. The fourth-order valence-electron chi connectivity index (χ4n) is 3.02. The molecular formula is C25H24N4O3. The molecule has 0 aromatic heterocycles. The summed E-state index contributed by atoms with van der Waals surface area (Å²) in [6, 6.07) is 24.0. The largest absolute Gasteiger partial charge is 0.366 e. The van der Waals surface area contributed by atoms with Crippen molar-refractivity contribution in [2.24, 2.45) is 10.8 Å². The van der Waals surface area contributed by atoms with Crippen molar-refractivity contribution in [1.29, 1.82) is 0 Å². The number of anilines is 1. The topological polar surface area (TPSA) is 114 Å². The molecule has 0 atom stereocenters. The molecule has 0 heterocycles. The van der Waals surface area contributed by atoms with Gasteiger partial charge in [-0.1, -0.05) is 54.6 Å². The molecule has 162 valence electrons. The lowest BCUT2D eigenvalue weighted by Crippen LogP contribution is -2.22. The summed E-state index contributed by atoms with van der Waals surface area (Å²) in [6.07, 6.45) is 0.202. The van der Waals surface area contributed by atoms with Gasteiger partial charge >= 0.3 is 0 Å². The van der Waals surface area contributed by atoms with E-state index in [1.807, 2.05) is 54.6 Å². The molecule has 3 aromatic rings. The molecule has 0 saturated heterocycles. The van der Waals surface area contributed by atoms with Crippen molar-refractivity contribution in [3.05, 3.63) is 90.0 Å². The van der Waals surface area contributed by atoms with E-state index in [9.17, 15) is 14.4 Å². The molecule has 4 N–H and O–H groups in total. The van der Waals surface area contributed by atoms with E-state index >= 15 is 0 Å². The first-order valence-electron chi connectivity index (χ1n) is 10.1. The quantitative estimate of drug-likeness (QED) is 0.377. The van der Waals surface area contributed by atoms with Crippen LogP contribution in [-0.4, -0.2) is 23.4 Å². The van der Waals surface area contributed by atoms with E-state index in [4.69, 9.17) is 5.73 Å². The number of primary amides is 1. The molecule has 0 bridgehead atoms. The van der Waals surface area contributed by atoms with Gasteiger partial charge in [0.2, 0.25) is 17.7 Å². The molecule has 0 radical (unpaired) electrons. The lowest BCUT2D eigenvalue weighted by Gasteiger charge is -2.07. The summed E-state index contributed by atoms with van der Waals surface area (Å²) in [5, 5.41) is 6.70. The first-order chi connectivity index (χ1) is 15.4. The smallest absolute Gasteiger partial charge is 0.248 e. The maximum atomic E-state index is 12.2. The van der Waals surface area contributed by atoms with Crippen LogP contribution in [-0.2, 0) is 16.0 Å². The third-order valence-electron chi connectivity index (χ3n) is 4.67. The van der Waals surface area contributed by atoms with E-state index in [1.54, 1.807) is 19.1 Å². The third kappa shape index (κ3) is 6.63. The molecule has 0 fully saturated rings. The molecule has 0 aliphatic rings. The summed E-state index contributed by atoms with van der Waals surface area (Å²) < 4.78 is 0. The Morgan fingerprint density at radius 3 is 2.06 bits per heavy atom. The Balaban J connectivity index is 1.47. The molecule has 0 unspecified atom stereocenters. The van der Waals surface area contributed by atoms with Gasteiger partial charge in [0, 0.05) is 17.0 Å². The molecule has 0 aliphatic heterocycles. The number of nitrogens with two attached hydrogens (primary N) is 1. The van der Waals surface area contributed by atoms with E-state index in [1.165, 1.54) is 12.1 Å². The highest BCUT2D eigenvalue weighted by Crippen LogP contribution is 2.19. The summed E-state index contributed by atoms with van der Waals surface area (Å²) in [5.41, 5.74) is 12.1. The molecule has 7 nitrogen and oxygen atoms in total. The lowest BCUT2D eigenvalue weighted by molar-refractivity contribution is -0.120. The van der Waals surface area contributed by atoms with Gasteiger partial charge in [0.05, 0.1) is 12.8 Å². The number of carbonyl (C=O) groups is 3. The van der Waals surface area contributed by atoms with Crippen LogP contribution < -0.4 is 16.5 Å². The molecule has 0 aliphatic carbocycles. The van der Waals surface area contributed by atoms with E-state index < -0.39 is 5.91 Å². The van der Waals surface area contributed by atoms with Crippen molar-refractivity contribution in [3.8, 4) is 11.1 Å². The maximum Gasteiger partial charge on any atom is 0.248 e. The van der Waals surface area contributed by atoms with Crippen LogP contribution >= 0.6 is 0 Å². The number of hydrazone groups is 1. The minimum absolute atomic E-state index is 0.0175. The SMILES string of the molecule is C/C(CC(=O)Nc1ccc(C(N)=O)cc1)=N\NC(=O)Cc1ccc(-c2ccccc2)cc1. The zero-order valence-corrected chi connectivity index (χ0v) is 17.7. The van der Waals surface area contributed by atoms with Crippen LogP contribution in [0.3, 0.4) is 0 Å².